The molecule has 1 unspecified atom stereocenters. The van der Waals surface area contributed by atoms with Gasteiger partial charge in [0.1, 0.15) is 11.0 Å². The highest BCUT2D eigenvalue weighted by Crippen LogP contribution is 2.10. The molecule has 1 aromatic rings. The second-order valence-electron chi connectivity index (χ2n) is 2.53. The number of hydrogen-bond acceptors (Lipinski definition) is 3. The molecule has 6 heteroatoms. The molecule has 0 saturated carbocycles. The third kappa shape index (κ3) is 3.13. The van der Waals surface area contributed by atoms with Crippen LogP contribution in [0.3, 0.4) is 0 Å². The van der Waals surface area contributed by atoms with Gasteiger partial charge in [-0.1, -0.05) is 0 Å². The molecule has 0 bridgehead atoms. The maximum absolute atomic E-state index is 10.9. The van der Waals surface area contributed by atoms with E-state index in [4.69, 9.17) is 5.14 Å². The largest absolute Gasteiger partial charge is 0.325 e. The molecule has 0 fully saturated rings. The van der Waals surface area contributed by atoms with Crippen LogP contribution in [-0.2, 0) is 15.8 Å². The molecule has 1 atom stereocenters. The summed E-state index contributed by atoms with van der Waals surface area (Å²) in [5.41, 5.74) is 0.637. The summed E-state index contributed by atoms with van der Waals surface area (Å²) in [4.78, 5) is 11.4. The van der Waals surface area contributed by atoms with Crippen molar-refractivity contribution in [3.8, 4) is 0 Å². The summed E-state index contributed by atoms with van der Waals surface area (Å²) in [6.45, 7) is 0. The zero-order chi connectivity index (χ0) is 10.6. The van der Waals surface area contributed by atoms with Crippen LogP contribution in [0.4, 0.5) is 5.69 Å². The molecule has 0 saturated heterocycles. The molecular weight excluding hydrogens is 220 g/mol. The summed E-state index contributed by atoms with van der Waals surface area (Å²) in [6, 6.07) is 6.48. The maximum Gasteiger partial charge on any atom is 0.234 e. The number of rotatable bonds is 3. The second kappa shape index (κ2) is 5.14. The Labute approximate surface area is 89.9 Å². The molecule has 0 aromatic heterocycles. The van der Waals surface area contributed by atoms with E-state index < -0.39 is 11.0 Å². The van der Waals surface area contributed by atoms with Crippen molar-refractivity contribution in [2.45, 2.75) is 4.90 Å². The van der Waals surface area contributed by atoms with Crippen molar-refractivity contribution in [2.24, 2.45) is 5.14 Å². The Morgan fingerprint density at radius 2 is 2.00 bits per heavy atom. The lowest BCUT2D eigenvalue weighted by atomic mass is 10.3. The first-order valence-corrected chi connectivity index (χ1v) is 5.65. The number of benzene rings is 1. The van der Waals surface area contributed by atoms with E-state index in [0.29, 0.717) is 10.6 Å². The number of amides is 1. The molecule has 1 aromatic carbocycles. The van der Waals surface area contributed by atoms with Crippen molar-refractivity contribution in [3.05, 3.63) is 24.3 Å². The first kappa shape index (κ1) is 11.2. The van der Waals surface area contributed by atoms with E-state index in [1.807, 2.05) is 0 Å². The third-order valence-corrected chi connectivity index (χ3v) is 2.54. The van der Waals surface area contributed by atoms with Crippen LogP contribution in [0, 0.1) is 0 Å². The molecule has 3 N–H and O–H groups in total. The highest BCUT2D eigenvalue weighted by Gasteiger charge is 2.00. The highest BCUT2D eigenvalue weighted by molar-refractivity contribution is 7.82. The number of carbonyl (C=O) groups is 1. The topological polar surface area (TPSA) is 72.2 Å². The maximum atomic E-state index is 10.9. The van der Waals surface area contributed by atoms with Gasteiger partial charge in [0.2, 0.25) is 5.91 Å². The van der Waals surface area contributed by atoms with Crippen LogP contribution in [0.25, 0.3) is 0 Å². The minimum atomic E-state index is -1.48. The molecule has 4 nitrogen and oxygen atoms in total. The lowest BCUT2D eigenvalue weighted by Crippen LogP contribution is -2.12. The fourth-order valence-corrected chi connectivity index (χ4v) is 1.36. The van der Waals surface area contributed by atoms with E-state index >= 15 is 0 Å². The van der Waals surface area contributed by atoms with Gasteiger partial charge in [0, 0.05) is 5.69 Å². The van der Waals surface area contributed by atoms with Gasteiger partial charge in [-0.2, -0.15) is 12.6 Å². The van der Waals surface area contributed by atoms with E-state index in [1.54, 1.807) is 24.3 Å². The van der Waals surface area contributed by atoms with Crippen molar-refractivity contribution < 1.29 is 9.00 Å². The monoisotopic (exact) mass is 230 g/mol. The smallest absolute Gasteiger partial charge is 0.234 e. The van der Waals surface area contributed by atoms with Crippen LogP contribution >= 0.6 is 12.6 Å². The number of hydrogen-bond donors (Lipinski definition) is 3. The SMILES string of the molecule is NS(=O)c1ccc(NC(=O)CS)cc1. The number of nitrogens with one attached hydrogen (secondary N) is 1. The predicted molar refractivity (Wildman–Crippen MR) is 59.5 cm³/mol. The number of thiol groups is 1. The second-order valence-corrected chi connectivity index (χ2v) is 3.91. The summed E-state index contributed by atoms with van der Waals surface area (Å²) < 4.78 is 10.8. The van der Waals surface area contributed by atoms with Crippen molar-refractivity contribution in [2.75, 3.05) is 11.1 Å². The van der Waals surface area contributed by atoms with Crippen molar-refractivity contribution >= 4 is 35.2 Å². The van der Waals surface area contributed by atoms with Gasteiger partial charge < -0.3 is 5.32 Å². The summed E-state index contributed by atoms with van der Waals surface area (Å²) >= 11 is 3.82. The lowest BCUT2D eigenvalue weighted by Gasteiger charge is -2.03. The van der Waals surface area contributed by atoms with E-state index in [2.05, 4.69) is 17.9 Å². The Kier molecular flexibility index (Phi) is 4.12. The zero-order valence-electron chi connectivity index (χ0n) is 7.27. The van der Waals surface area contributed by atoms with Crippen molar-refractivity contribution in [1.29, 1.82) is 0 Å². The van der Waals surface area contributed by atoms with Crippen LogP contribution in [0.15, 0.2) is 29.2 Å². The molecular formula is C8H10N2O2S2. The van der Waals surface area contributed by atoms with Crippen LogP contribution in [-0.4, -0.2) is 15.9 Å². The molecule has 0 spiro atoms. The van der Waals surface area contributed by atoms with Crippen molar-refractivity contribution in [1.82, 2.24) is 0 Å². The Morgan fingerprint density at radius 1 is 1.43 bits per heavy atom. The summed E-state index contributed by atoms with van der Waals surface area (Å²) in [7, 11) is -1.48. The Balaban J connectivity index is 2.73. The van der Waals surface area contributed by atoms with Gasteiger partial charge in [0.05, 0.1) is 10.6 Å². The minimum Gasteiger partial charge on any atom is -0.325 e. The van der Waals surface area contributed by atoms with E-state index in [-0.39, 0.29) is 11.7 Å². The summed E-state index contributed by atoms with van der Waals surface area (Å²) in [5.74, 6) is -0.0557. The normalized spacial score (nSPS) is 12.1. The van der Waals surface area contributed by atoms with Gasteiger partial charge in [0.25, 0.3) is 0 Å². The molecule has 0 heterocycles. The predicted octanol–water partition coefficient (Wildman–Crippen LogP) is 0.536. The summed E-state index contributed by atoms with van der Waals surface area (Å²) in [6.07, 6.45) is 0. The highest BCUT2D eigenvalue weighted by atomic mass is 32.2. The third-order valence-electron chi connectivity index (χ3n) is 1.51. The Bertz CT molecular complexity index is 351. The summed E-state index contributed by atoms with van der Waals surface area (Å²) in [5, 5.41) is 7.77. The average Bonchev–Trinajstić information content (AvgIpc) is 2.18. The molecule has 1 amide bonds. The Morgan fingerprint density at radius 3 is 2.43 bits per heavy atom. The average molecular weight is 230 g/mol. The molecule has 1 rings (SSSR count). The van der Waals surface area contributed by atoms with Gasteiger partial charge in [-0.3, -0.25) is 4.79 Å². The molecule has 0 aliphatic heterocycles. The minimum absolute atomic E-state index is 0.130. The van der Waals surface area contributed by atoms with Gasteiger partial charge in [-0.15, -0.1) is 0 Å². The molecule has 76 valence electrons. The molecule has 0 aliphatic rings. The standard InChI is InChI=1S/C8H10N2O2S2/c9-14(12)7-3-1-6(2-4-7)10-8(11)5-13/h1-4,13H,5,9H2,(H,10,11). The molecule has 0 aliphatic carbocycles. The van der Waals surface area contributed by atoms with Crippen LogP contribution < -0.4 is 10.5 Å². The zero-order valence-corrected chi connectivity index (χ0v) is 8.98. The van der Waals surface area contributed by atoms with Crippen molar-refractivity contribution in [3.63, 3.8) is 0 Å². The van der Waals surface area contributed by atoms with Crippen LogP contribution in [0.1, 0.15) is 0 Å². The lowest BCUT2D eigenvalue weighted by molar-refractivity contribution is -0.113. The molecule has 14 heavy (non-hydrogen) atoms. The van der Waals surface area contributed by atoms with Gasteiger partial charge in [-0.05, 0) is 24.3 Å². The van der Waals surface area contributed by atoms with E-state index in [0.717, 1.165) is 0 Å². The molecule has 0 radical (unpaired) electrons. The first-order chi connectivity index (χ1) is 6.63. The van der Waals surface area contributed by atoms with E-state index in [9.17, 15) is 9.00 Å². The fraction of sp³-hybridized carbons (Fsp3) is 0.125. The van der Waals surface area contributed by atoms with Gasteiger partial charge in [-0.25, -0.2) is 9.35 Å². The first-order valence-electron chi connectivity index (χ1n) is 3.80. The van der Waals surface area contributed by atoms with Crippen LogP contribution in [0.2, 0.25) is 0 Å². The fourth-order valence-electron chi connectivity index (χ4n) is 0.873. The van der Waals surface area contributed by atoms with E-state index in [1.165, 1.54) is 0 Å². The van der Waals surface area contributed by atoms with Crippen LogP contribution in [0.5, 0.6) is 0 Å². The number of anilines is 1. The number of nitrogens with two attached hydrogens (primary N) is 1. The number of carbonyl (C=O) groups excluding carboxylic acids is 1. The van der Waals surface area contributed by atoms with Gasteiger partial charge >= 0.3 is 0 Å². The Hall–Kier alpha value is -0.850. The van der Waals surface area contributed by atoms with Gasteiger partial charge in [0.15, 0.2) is 0 Å². The quantitative estimate of drug-likeness (QED) is 0.663.